The first-order valence-corrected chi connectivity index (χ1v) is 30.3. The van der Waals surface area contributed by atoms with Crippen LogP contribution in [-0.4, -0.2) is 54.8 Å². The minimum absolute atomic E-state index is 0.0138. The lowest BCUT2D eigenvalue weighted by Crippen LogP contribution is -2.49. The van der Waals surface area contributed by atoms with Gasteiger partial charge in [-0.15, -0.1) is 0 Å². The van der Waals surface area contributed by atoms with Gasteiger partial charge in [0.1, 0.15) is 6.10 Å². The van der Waals surface area contributed by atoms with Crippen LogP contribution in [0.4, 0.5) is 0 Å². The van der Waals surface area contributed by atoms with Gasteiger partial charge in [0.25, 0.3) is 0 Å². The number of ether oxygens (including phenoxy) is 1. The van der Waals surface area contributed by atoms with Crippen molar-refractivity contribution >= 4 is 30.9 Å². The summed E-state index contributed by atoms with van der Waals surface area (Å²) in [5.74, 6) is 0.870. The van der Waals surface area contributed by atoms with E-state index in [1.54, 1.807) is 5.57 Å². The lowest BCUT2D eigenvalue weighted by molar-refractivity contribution is -0.153. The molecule has 0 aromatic heterocycles. The molecular formula is C46H86O5Si3. The van der Waals surface area contributed by atoms with Crippen molar-refractivity contribution in [1.29, 1.82) is 0 Å². The molecule has 0 aliphatic heterocycles. The Balaban J connectivity index is 1.74. The Labute approximate surface area is 337 Å². The number of rotatable bonds is 16. The molecule has 5 nitrogen and oxygen atoms in total. The molecule has 0 unspecified atom stereocenters. The highest BCUT2D eigenvalue weighted by Gasteiger charge is 2.52. The monoisotopic (exact) mass is 803 g/mol. The number of carbonyl (C=O) groups excluding carboxylic acids is 1. The molecule has 3 fully saturated rings. The molecule has 3 aliphatic carbocycles. The van der Waals surface area contributed by atoms with Crippen molar-refractivity contribution in [3.8, 4) is 0 Å². The molecule has 0 aromatic rings. The van der Waals surface area contributed by atoms with Crippen molar-refractivity contribution in [1.82, 2.24) is 0 Å². The lowest BCUT2D eigenvalue weighted by atomic mass is 9.62. The van der Waals surface area contributed by atoms with Crippen LogP contribution in [0.1, 0.15) is 154 Å². The molecule has 0 spiro atoms. The van der Waals surface area contributed by atoms with Crippen molar-refractivity contribution in [2.45, 2.75) is 233 Å². The van der Waals surface area contributed by atoms with Crippen molar-refractivity contribution in [3.63, 3.8) is 0 Å². The van der Waals surface area contributed by atoms with E-state index in [9.17, 15) is 4.79 Å². The van der Waals surface area contributed by atoms with Crippen LogP contribution in [0, 0.1) is 17.3 Å². The second-order valence-electron chi connectivity index (χ2n) is 21.5. The fourth-order valence-corrected chi connectivity index (χ4v) is 15.2. The summed E-state index contributed by atoms with van der Waals surface area (Å²) in [6.07, 6.45) is 14.6. The van der Waals surface area contributed by atoms with Crippen LogP contribution in [-0.2, 0) is 22.8 Å². The number of carbonyl (C=O) groups is 1. The Bertz CT molecular complexity index is 1290. The quantitative estimate of drug-likeness (QED) is 0.0884. The zero-order valence-electron chi connectivity index (χ0n) is 38.5. The van der Waals surface area contributed by atoms with E-state index in [2.05, 4.69) is 135 Å². The van der Waals surface area contributed by atoms with E-state index in [0.717, 1.165) is 62.2 Å². The van der Waals surface area contributed by atoms with Gasteiger partial charge in [-0.25, -0.2) is 0 Å². The minimum atomic E-state index is -2.02. The zero-order chi connectivity index (χ0) is 41.1. The third-order valence-corrected chi connectivity index (χ3v) is 29.1. The van der Waals surface area contributed by atoms with Crippen LogP contribution in [0.15, 0.2) is 35.5 Å². The Morgan fingerprint density at radius 3 is 1.87 bits per heavy atom. The van der Waals surface area contributed by atoms with Crippen LogP contribution >= 0.6 is 0 Å². The largest absolute Gasteiger partial charge is 0.462 e. The average molecular weight is 803 g/mol. The number of hydrogen-bond donors (Lipinski definition) is 0. The first kappa shape index (κ1) is 47.6. The van der Waals surface area contributed by atoms with Gasteiger partial charge in [-0.2, -0.15) is 0 Å². The van der Waals surface area contributed by atoms with Gasteiger partial charge in [0.15, 0.2) is 25.0 Å². The van der Waals surface area contributed by atoms with Gasteiger partial charge >= 0.3 is 5.97 Å². The van der Waals surface area contributed by atoms with Gasteiger partial charge in [0.05, 0.1) is 17.8 Å². The highest BCUT2D eigenvalue weighted by Crippen LogP contribution is 2.59. The zero-order valence-corrected chi connectivity index (χ0v) is 41.5. The highest BCUT2D eigenvalue weighted by atomic mass is 28.4. The van der Waals surface area contributed by atoms with Crippen LogP contribution < -0.4 is 0 Å². The van der Waals surface area contributed by atoms with Gasteiger partial charge in [0.2, 0.25) is 0 Å². The van der Waals surface area contributed by atoms with Crippen molar-refractivity contribution < 1.29 is 22.8 Å². The van der Waals surface area contributed by atoms with E-state index >= 15 is 0 Å². The molecule has 0 saturated heterocycles. The summed E-state index contributed by atoms with van der Waals surface area (Å²) >= 11 is 0. The first-order valence-electron chi connectivity index (χ1n) is 22.0. The number of hydrogen-bond acceptors (Lipinski definition) is 5. The van der Waals surface area contributed by atoms with Crippen molar-refractivity contribution in [2.24, 2.45) is 17.3 Å². The lowest BCUT2D eigenvalue weighted by Gasteiger charge is -2.46. The van der Waals surface area contributed by atoms with Gasteiger partial charge < -0.3 is 18.0 Å². The Kier molecular flexibility index (Phi) is 15.9. The molecule has 0 aromatic carbocycles. The second-order valence-corrected chi connectivity index (χ2v) is 35.7. The molecule has 312 valence electrons. The fourth-order valence-electron chi connectivity index (χ4n) is 9.35. The molecule has 54 heavy (non-hydrogen) atoms. The Morgan fingerprint density at radius 2 is 1.39 bits per heavy atom. The maximum atomic E-state index is 13.2. The van der Waals surface area contributed by atoms with Gasteiger partial charge in [-0.1, -0.05) is 99.1 Å². The summed E-state index contributed by atoms with van der Waals surface area (Å²) in [4.78, 5) is 13.2. The highest BCUT2D eigenvalue weighted by molar-refractivity contribution is 6.74. The average Bonchev–Trinajstić information content (AvgIpc) is 3.41. The minimum Gasteiger partial charge on any atom is -0.462 e. The fraction of sp³-hybridized carbons (Fsp3) is 0.848. The van der Waals surface area contributed by atoms with E-state index in [4.69, 9.17) is 18.0 Å². The van der Waals surface area contributed by atoms with Crippen LogP contribution in [0.5, 0.6) is 0 Å². The maximum absolute atomic E-state index is 13.2. The second kappa shape index (κ2) is 18.0. The third-order valence-electron chi connectivity index (χ3n) is 15.2. The molecule has 3 rings (SSSR count). The van der Waals surface area contributed by atoms with Crippen LogP contribution in [0.3, 0.4) is 0 Å². The van der Waals surface area contributed by atoms with E-state index in [1.165, 1.54) is 24.8 Å². The molecule has 0 heterocycles. The summed E-state index contributed by atoms with van der Waals surface area (Å²) in [7, 11) is -5.74. The summed E-state index contributed by atoms with van der Waals surface area (Å²) in [6, 6.07) is 3.44. The van der Waals surface area contributed by atoms with E-state index in [0.29, 0.717) is 18.3 Å². The van der Waals surface area contributed by atoms with Gasteiger partial charge in [-0.05, 0) is 150 Å². The van der Waals surface area contributed by atoms with Gasteiger partial charge in [-0.3, -0.25) is 4.79 Å². The SMILES string of the molecule is C=C1[C@H](O[Si](C)(C)C(C)(C)C)CC(=C/C=C2\CCC[C@]3(C)[C@@H]([C@H](C)OC(=O)CCCC(C)(C)O[Si](CC)(CC)CC)CC[C@@H]23)C[C@H]1O[Si](C)(C)C(C)(C)C. The number of allylic oxidation sites excluding steroid dienone is 3. The predicted octanol–water partition coefficient (Wildman–Crippen LogP) is 14.1. The molecule has 8 heteroatoms. The first-order chi connectivity index (χ1) is 24.7. The van der Waals surface area contributed by atoms with Gasteiger partial charge in [0, 0.05) is 12.3 Å². The normalized spacial score (nSPS) is 27.6. The molecule has 3 aliphatic rings. The molecule has 0 bridgehead atoms. The predicted molar refractivity (Wildman–Crippen MR) is 239 cm³/mol. The Hall–Kier alpha value is -0.779. The molecular weight excluding hydrogens is 717 g/mol. The summed E-state index contributed by atoms with van der Waals surface area (Å²) in [5, 5.41) is 0.253. The number of fused-ring (bicyclic) bond motifs is 1. The summed E-state index contributed by atoms with van der Waals surface area (Å²) < 4.78 is 27.3. The van der Waals surface area contributed by atoms with E-state index < -0.39 is 25.0 Å². The molecule has 3 saturated carbocycles. The molecule has 0 N–H and O–H groups in total. The standard InChI is InChI=1S/C46H86O5Si3/c1-19-54(20-2,21-3)51-45(12,13)30-23-25-42(47)48-35(5)38-28-29-39-37(24-22-31-46(38,39)14)27-26-36-32-40(49-52(15,16)43(6,7)8)34(4)41(33-36)50-53(17,18)44(9,10)11/h26-27,35,38-41H,4,19-25,28-33H2,1-3,5-18H3/b37-27+/t35-,38+,39-,40+,41+,46+/m0/s1. The summed E-state index contributed by atoms with van der Waals surface area (Å²) in [5.41, 5.74) is 4.09. The van der Waals surface area contributed by atoms with Crippen molar-refractivity contribution in [2.75, 3.05) is 0 Å². The van der Waals surface area contributed by atoms with E-state index in [1.807, 2.05) is 0 Å². The maximum Gasteiger partial charge on any atom is 0.306 e. The van der Waals surface area contributed by atoms with Crippen molar-refractivity contribution in [3.05, 3.63) is 35.5 Å². The van der Waals surface area contributed by atoms with Crippen LogP contribution in [0.2, 0.25) is 54.4 Å². The topological polar surface area (TPSA) is 54.0 Å². The Morgan fingerprint density at radius 1 is 0.870 bits per heavy atom. The summed E-state index contributed by atoms with van der Waals surface area (Å²) in [6.45, 7) is 43.9. The third kappa shape index (κ3) is 11.4. The van der Waals surface area contributed by atoms with Crippen LogP contribution in [0.25, 0.3) is 0 Å². The molecule has 0 radical (unpaired) electrons. The molecule has 6 atom stereocenters. The van der Waals surface area contributed by atoms with E-state index in [-0.39, 0.29) is 45.4 Å². The number of esters is 1. The molecule has 0 amide bonds. The smallest absolute Gasteiger partial charge is 0.306 e.